The van der Waals surface area contributed by atoms with Gasteiger partial charge in [0.05, 0.1) is 0 Å². The number of rotatable bonds is 45. The van der Waals surface area contributed by atoms with Gasteiger partial charge in [-0.15, -0.1) is 0 Å². The Morgan fingerprint density at radius 1 is 0.339 bits per heavy atom. The third-order valence-corrected chi connectivity index (χ3v) is 10.6. The van der Waals surface area contributed by atoms with Gasteiger partial charge >= 0.3 is 17.9 Å². The summed E-state index contributed by atoms with van der Waals surface area (Å²) < 4.78 is 16.7. The Bertz CT molecular complexity index is 1220. The lowest BCUT2D eigenvalue weighted by molar-refractivity contribution is -0.166. The van der Waals surface area contributed by atoms with Gasteiger partial charge in [0.2, 0.25) is 0 Å². The van der Waals surface area contributed by atoms with Crippen LogP contribution in [0.25, 0.3) is 0 Å². The number of hydrogen-bond donors (Lipinski definition) is 0. The van der Waals surface area contributed by atoms with Crippen LogP contribution < -0.4 is 0 Å². The minimum atomic E-state index is -0.808. The van der Waals surface area contributed by atoms with Gasteiger partial charge in [-0.2, -0.15) is 0 Å². The molecule has 0 heterocycles. The third kappa shape index (κ3) is 47.6. The van der Waals surface area contributed by atoms with Gasteiger partial charge in [-0.25, -0.2) is 0 Å². The van der Waals surface area contributed by atoms with Gasteiger partial charge in [0, 0.05) is 19.3 Å². The lowest BCUT2D eigenvalue weighted by Crippen LogP contribution is -2.30. The molecule has 62 heavy (non-hydrogen) atoms. The van der Waals surface area contributed by atoms with Crippen LogP contribution in [0.15, 0.2) is 85.1 Å². The fourth-order valence-electron chi connectivity index (χ4n) is 6.81. The Morgan fingerprint density at radius 3 is 1.10 bits per heavy atom. The van der Waals surface area contributed by atoms with Crippen LogP contribution >= 0.6 is 0 Å². The summed E-state index contributed by atoms with van der Waals surface area (Å²) in [7, 11) is 0. The fraction of sp³-hybridized carbons (Fsp3) is 0.696. The van der Waals surface area contributed by atoms with Crippen molar-refractivity contribution in [2.24, 2.45) is 0 Å². The van der Waals surface area contributed by atoms with Crippen LogP contribution in [0.3, 0.4) is 0 Å². The Kier molecular flexibility index (Phi) is 47.5. The van der Waals surface area contributed by atoms with E-state index >= 15 is 0 Å². The first-order valence-electron chi connectivity index (χ1n) is 25.6. The van der Waals surface area contributed by atoms with E-state index in [-0.39, 0.29) is 37.5 Å². The quantitative estimate of drug-likeness (QED) is 0.0263. The van der Waals surface area contributed by atoms with Gasteiger partial charge in [0.25, 0.3) is 0 Å². The Balaban J connectivity index is 4.49. The first-order chi connectivity index (χ1) is 30.5. The molecule has 0 saturated heterocycles. The van der Waals surface area contributed by atoms with Crippen molar-refractivity contribution in [1.82, 2.24) is 0 Å². The zero-order valence-electron chi connectivity index (χ0n) is 40.4. The van der Waals surface area contributed by atoms with Crippen LogP contribution in [-0.4, -0.2) is 37.2 Å². The third-order valence-electron chi connectivity index (χ3n) is 10.6. The lowest BCUT2D eigenvalue weighted by atomic mass is 10.0. The average Bonchev–Trinajstić information content (AvgIpc) is 3.27. The lowest BCUT2D eigenvalue weighted by Gasteiger charge is -2.18. The average molecular weight is 863 g/mol. The molecule has 354 valence electrons. The van der Waals surface area contributed by atoms with Gasteiger partial charge in [-0.1, -0.05) is 215 Å². The highest BCUT2D eigenvalue weighted by molar-refractivity contribution is 5.71. The molecule has 1 atom stereocenters. The normalized spacial score (nSPS) is 12.8. The standard InChI is InChI=1S/C56H94O6/c1-4-7-10-13-16-19-22-25-26-27-28-29-30-32-34-37-40-43-46-49-55(58)61-52-53(51-60-54(57)48-45-42-39-36-33-24-21-18-15-12-9-6-3)62-56(59)50-47-44-41-38-35-31-23-20-17-14-11-8-5-2/h7,10,16,19-20,23,25-26,28-29,32,34,40,43,53H,4-6,8-9,11-15,17-18,21-22,24,27,30-31,33,35-39,41-42,44-52H2,1-3H3/b10-7-,19-16-,23-20-,26-25-,29-28-,34-32-,43-40-. The largest absolute Gasteiger partial charge is 0.462 e. The maximum absolute atomic E-state index is 12.8. The molecule has 1 unspecified atom stereocenters. The van der Waals surface area contributed by atoms with Crippen molar-refractivity contribution in [2.75, 3.05) is 13.2 Å². The van der Waals surface area contributed by atoms with Crippen molar-refractivity contribution in [2.45, 2.75) is 239 Å². The van der Waals surface area contributed by atoms with Gasteiger partial charge in [-0.05, 0) is 83.5 Å². The van der Waals surface area contributed by atoms with Gasteiger partial charge in [0.15, 0.2) is 6.10 Å². The van der Waals surface area contributed by atoms with Crippen molar-refractivity contribution < 1.29 is 28.6 Å². The summed E-state index contributed by atoms with van der Waals surface area (Å²) >= 11 is 0. The molecule has 0 spiro atoms. The van der Waals surface area contributed by atoms with Gasteiger partial charge < -0.3 is 14.2 Å². The summed E-state index contributed by atoms with van der Waals surface area (Å²) in [6.45, 7) is 6.43. The summed E-state index contributed by atoms with van der Waals surface area (Å²) in [4.78, 5) is 37.9. The molecule has 0 bridgehead atoms. The second kappa shape index (κ2) is 50.2. The summed E-state index contributed by atoms with van der Waals surface area (Å²) in [6.07, 6.45) is 64.3. The Morgan fingerprint density at radius 2 is 0.661 bits per heavy atom. The van der Waals surface area contributed by atoms with E-state index in [2.05, 4.69) is 99.8 Å². The summed E-state index contributed by atoms with van der Waals surface area (Å²) in [5.74, 6) is -1.000. The number of carbonyl (C=O) groups is 3. The zero-order chi connectivity index (χ0) is 45.1. The number of hydrogen-bond acceptors (Lipinski definition) is 6. The molecule has 0 aromatic heterocycles. The molecule has 0 aliphatic carbocycles. The molecule has 6 nitrogen and oxygen atoms in total. The molecule has 6 heteroatoms. The minimum absolute atomic E-state index is 0.102. The van der Waals surface area contributed by atoms with Gasteiger partial charge in [0.1, 0.15) is 13.2 Å². The minimum Gasteiger partial charge on any atom is -0.462 e. The predicted octanol–water partition coefficient (Wildman–Crippen LogP) is 16.8. The van der Waals surface area contributed by atoms with E-state index < -0.39 is 6.10 Å². The maximum Gasteiger partial charge on any atom is 0.306 e. The summed E-state index contributed by atoms with van der Waals surface area (Å²) in [6, 6.07) is 0. The molecule has 0 amide bonds. The number of unbranched alkanes of at least 4 members (excludes halogenated alkanes) is 20. The summed E-state index contributed by atoms with van der Waals surface area (Å²) in [5, 5.41) is 0. The SMILES string of the molecule is CC/C=C\C/C=C\C/C=C\C/C=C\C/C=C\C/C=C\CCC(=O)OCC(COC(=O)CCCCCCCCCCCCCC)OC(=O)CCCCCCC/C=C\CCCCCC. The molecular formula is C56H94O6. The Labute approximate surface area is 382 Å². The molecule has 0 aromatic carbocycles. The van der Waals surface area contributed by atoms with Crippen molar-refractivity contribution in [3.8, 4) is 0 Å². The fourth-order valence-corrected chi connectivity index (χ4v) is 6.81. The molecule has 0 aromatic rings. The molecule has 0 aliphatic heterocycles. The maximum atomic E-state index is 12.8. The molecule has 0 rings (SSSR count). The van der Waals surface area contributed by atoms with Crippen molar-refractivity contribution in [1.29, 1.82) is 0 Å². The van der Waals surface area contributed by atoms with Crippen LogP contribution in [-0.2, 0) is 28.6 Å². The smallest absolute Gasteiger partial charge is 0.306 e. The monoisotopic (exact) mass is 863 g/mol. The zero-order valence-corrected chi connectivity index (χ0v) is 40.4. The second-order valence-electron chi connectivity index (χ2n) is 16.7. The predicted molar refractivity (Wildman–Crippen MR) is 265 cm³/mol. The van der Waals surface area contributed by atoms with Crippen LogP contribution in [0, 0.1) is 0 Å². The van der Waals surface area contributed by atoms with E-state index in [1.54, 1.807) is 0 Å². The highest BCUT2D eigenvalue weighted by Crippen LogP contribution is 2.14. The van der Waals surface area contributed by atoms with E-state index in [1.165, 1.54) is 96.3 Å². The molecule has 0 radical (unpaired) electrons. The first kappa shape index (κ1) is 58.6. The van der Waals surface area contributed by atoms with Crippen molar-refractivity contribution in [3.05, 3.63) is 85.1 Å². The molecule has 0 aliphatic rings. The van der Waals surface area contributed by atoms with E-state index in [1.807, 2.05) is 6.08 Å². The van der Waals surface area contributed by atoms with E-state index in [0.717, 1.165) is 89.9 Å². The van der Waals surface area contributed by atoms with Crippen LogP contribution in [0.4, 0.5) is 0 Å². The topological polar surface area (TPSA) is 78.9 Å². The van der Waals surface area contributed by atoms with E-state index in [0.29, 0.717) is 19.3 Å². The van der Waals surface area contributed by atoms with Crippen molar-refractivity contribution >= 4 is 17.9 Å². The highest BCUT2D eigenvalue weighted by Gasteiger charge is 2.19. The number of ether oxygens (including phenoxy) is 3. The number of esters is 3. The molecule has 0 saturated carbocycles. The summed E-state index contributed by atoms with van der Waals surface area (Å²) in [5.41, 5.74) is 0. The van der Waals surface area contributed by atoms with Gasteiger partial charge in [-0.3, -0.25) is 14.4 Å². The second-order valence-corrected chi connectivity index (χ2v) is 16.7. The Hall–Kier alpha value is -3.41. The number of allylic oxidation sites excluding steroid dienone is 14. The highest BCUT2D eigenvalue weighted by atomic mass is 16.6. The van der Waals surface area contributed by atoms with Crippen LogP contribution in [0.5, 0.6) is 0 Å². The van der Waals surface area contributed by atoms with E-state index in [4.69, 9.17) is 14.2 Å². The van der Waals surface area contributed by atoms with Crippen LogP contribution in [0.2, 0.25) is 0 Å². The molecule has 0 N–H and O–H groups in total. The first-order valence-corrected chi connectivity index (χ1v) is 25.6. The molecule has 0 fully saturated rings. The van der Waals surface area contributed by atoms with Crippen molar-refractivity contribution in [3.63, 3.8) is 0 Å². The number of carbonyl (C=O) groups excluding carboxylic acids is 3. The van der Waals surface area contributed by atoms with Crippen LogP contribution in [0.1, 0.15) is 233 Å². The molecular weight excluding hydrogens is 769 g/mol. The van der Waals surface area contributed by atoms with E-state index in [9.17, 15) is 14.4 Å².